The molecule has 0 spiro atoms. The van der Waals surface area contributed by atoms with Crippen molar-refractivity contribution in [3.05, 3.63) is 23.8 Å². The molecule has 0 radical (unpaired) electrons. The fourth-order valence-electron chi connectivity index (χ4n) is 1.89. The molecule has 1 atom stereocenters. The SMILES string of the molecule is COc1ccc(C2CNC(=O)N2C)cc1N.[O-2].[O-2].[Pt+4]. The molecule has 1 heterocycles. The third-order valence-corrected chi connectivity index (χ3v) is 2.87. The van der Waals surface area contributed by atoms with Gasteiger partial charge < -0.3 is 31.6 Å². The maximum absolute atomic E-state index is 11.3. The molecule has 1 aromatic carbocycles. The first-order chi connectivity index (χ1) is 7.63. The van der Waals surface area contributed by atoms with Crippen LogP contribution in [0.15, 0.2) is 18.2 Å². The van der Waals surface area contributed by atoms with Gasteiger partial charge in [-0.3, -0.25) is 0 Å². The summed E-state index contributed by atoms with van der Waals surface area (Å²) in [4.78, 5) is 13.0. The number of likely N-dealkylation sites (N-methyl/N-ethyl adjacent to an activating group) is 1. The minimum Gasteiger partial charge on any atom is -2.00 e. The number of carbonyl (C=O) groups excluding carboxylic acids is 1. The Balaban J connectivity index is 0. The van der Waals surface area contributed by atoms with Crippen molar-refractivity contribution in [2.45, 2.75) is 6.04 Å². The zero-order valence-corrected chi connectivity index (χ0v) is 12.8. The molecule has 0 aromatic heterocycles. The summed E-state index contributed by atoms with van der Waals surface area (Å²) in [6.45, 7) is 0.612. The quantitative estimate of drug-likeness (QED) is 0.649. The molecule has 108 valence electrons. The largest absolute Gasteiger partial charge is 4.00 e. The summed E-state index contributed by atoms with van der Waals surface area (Å²) in [5, 5.41) is 2.78. The zero-order valence-electron chi connectivity index (χ0n) is 10.5. The predicted octanol–water partition coefficient (Wildman–Crippen LogP) is 0.733. The average molecular weight is 448 g/mol. The molecule has 1 aliphatic rings. The van der Waals surface area contributed by atoms with Gasteiger partial charge in [0.15, 0.2) is 0 Å². The second-order valence-corrected chi connectivity index (χ2v) is 3.81. The topological polar surface area (TPSA) is 125 Å². The van der Waals surface area contributed by atoms with Crippen LogP contribution in [0.2, 0.25) is 0 Å². The van der Waals surface area contributed by atoms with Gasteiger partial charge in [0.1, 0.15) is 5.75 Å². The summed E-state index contributed by atoms with van der Waals surface area (Å²) in [7, 11) is 3.35. The summed E-state index contributed by atoms with van der Waals surface area (Å²) in [6, 6.07) is 5.58. The molecule has 7 nitrogen and oxygen atoms in total. The summed E-state index contributed by atoms with van der Waals surface area (Å²) < 4.78 is 5.09. The Kier molecular flexibility index (Phi) is 8.42. The molecule has 1 fully saturated rings. The maximum atomic E-state index is 11.3. The molecule has 1 aliphatic heterocycles. The number of hydrogen-bond donors (Lipinski definition) is 2. The van der Waals surface area contributed by atoms with E-state index in [1.165, 1.54) is 0 Å². The molecule has 0 aliphatic carbocycles. The molecule has 0 bridgehead atoms. The van der Waals surface area contributed by atoms with Crippen molar-refractivity contribution < 1.29 is 41.5 Å². The Hall–Kier alpha value is -1.30. The summed E-state index contributed by atoms with van der Waals surface area (Å²) in [5.41, 5.74) is 7.43. The van der Waals surface area contributed by atoms with Crippen molar-refractivity contribution in [1.82, 2.24) is 10.2 Å². The number of ether oxygens (including phenoxy) is 1. The van der Waals surface area contributed by atoms with Crippen molar-refractivity contribution in [3.8, 4) is 5.75 Å². The number of benzene rings is 1. The Labute approximate surface area is 126 Å². The van der Waals surface area contributed by atoms with Crippen molar-refractivity contribution in [3.63, 3.8) is 0 Å². The second-order valence-electron chi connectivity index (χ2n) is 3.81. The molecular formula is C11H15N3O4Pt. The fourth-order valence-corrected chi connectivity index (χ4v) is 1.89. The van der Waals surface area contributed by atoms with Crippen molar-refractivity contribution >= 4 is 11.7 Å². The van der Waals surface area contributed by atoms with E-state index in [9.17, 15) is 4.79 Å². The van der Waals surface area contributed by atoms with Gasteiger partial charge in [0.2, 0.25) is 0 Å². The van der Waals surface area contributed by atoms with Crippen LogP contribution in [0.5, 0.6) is 5.75 Å². The van der Waals surface area contributed by atoms with Gasteiger partial charge in [-0.15, -0.1) is 0 Å². The number of carbonyl (C=O) groups is 1. The smallest absolute Gasteiger partial charge is 2.00 e. The number of nitrogens with zero attached hydrogens (tertiary/aromatic N) is 1. The van der Waals surface area contributed by atoms with E-state index in [2.05, 4.69) is 5.32 Å². The van der Waals surface area contributed by atoms with Gasteiger partial charge in [-0.2, -0.15) is 0 Å². The monoisotopic (exact) mass is 448 g/mol. The van der Waals surface area contributed by atoms with E-state index >= 15 is 0 Å². The molecule has 1 aromatic rings. The van der Waals surface area contributed by atoms with Crippen LogP contribution in [0.3, 0.4) is 0 Å². The first kappa shape index (κ1) is 20.0. The maximum Gasteiger partial charge on any atom is 4.00 e. The van der Waals surface area contributed by atoms with Gasteiger partial charge in [-0.25, -0.2) is 4.79 Å². The van der Waals surface area contributed by atoms with Crippen LogP contribution < -0.4 is 15.8 Å². The summed E-state index contributed by atoms with van der Waals surface area (Å²) in [5.74, 6) is 0.656. The van der Waals surface area contributed by atoms with E-state index in [1.807, 2.05) is 18.2 Å². The van der Waals surface area contributed by atoms with Crippen molar-refractivity contribution in [2.75, 3.05) is 26.4 Å². The van der Waals surface area contributed by atoms with Gasteiger partial charge in [0, 0.05) is 13.6 Å². The minimum atomic E-state index is -0.0561. The molecule has 1 unspecified atom stereocenters. The molecule has 1 saturated heterocycles. The second kappa shape index (κ2) is 7.99. The average Bonchev–Trinajstić information content (AvgIpc) is 2.60. The number of nitrogen functional groups attached to an aromatic ring is 1. The summed E-state index contributed by atoms with van der Waals surface area (Å²) >= 11 is 0. The van der Waals surface area contributed by atoms with Gasteiger partial charge in [-0.1, -0.05) is 6.07 Å². The summed E-state index contributed by atoms with van der Waals surface area (Å²) in [6.07, 6.45) is 0. The van der Waals surface area contributed by atoms with Crippen LogP contribution in [0, 0.1) is 0 Å². The van der Waals surface area contributed by atoms with Gasteiger partial charge in [0.25, 0.3) is 0 Å². The first-order valence-electron chi connectivity index (χ1n) is 5.07. The van der Waals surface area contributed by atoms with E-state index in [1.54, 1.807) is 19.1 Å². The molecule has 19 heavy (non-hydrogen) atoms. The van der Waals surface area contributed by atoms with Crippen LogP contribution in [-0.2, 0) is 32.0 Å². The van der Waals surface area contributed by atoms with Crippen LogP contribution >= 0.6 is 0 Å². The van der Waals surface area contributed by atoms with E-state index in [0.29, 0.717) is 18.0 Å². The predicted molar refractivity (Wildman–Crippen MR) is 62.7 cm³/mol. The molecule has 2 rings (SSSR count). The number of anilines is 1. The number of rotatable bonds is 2. The third kappa shape index (κ3) is 3.83. The minimum absolute atomic E-state index is 0. The fraction of sp³-hybridized carbons (Fsp3) is 0.364. The van der Waals surface area contributed by atoms with Crippen molar-refractivity contribution in [1.29, 1.82) is 0 Å². The van der Waals surface area contributed by atoms with Gasteiger partial charge >= 0.3 is 27.1 Å². The number of methoxy groups -OCH3 is 1. The zero-order chi connectivity index (χ0) is 11.7. The Bertz CT molecular complexity index is 430. The van der Waals surface area contributed by atoms with Crippen molar-refractivity contribution in [2.24, 2.45) is 0 Å². The Morgan fingerprint density at radius 2 is 2.05 bits per heavy atom. The molecule has 3 N–H and O–H groups in total. The third-order valence-electron chi connectivity index (χ3n) is 2.87. The van der Waals surface area contributed by atoms with E-state index in [-0.39, 0.29) is 44.1 Å². The molecule has 8 heteroatoms. The first-order valence-corrected chi connectivity index (χ1v) is 5.07. The van der Waals surface area contributed by atoms with Gasteiger partial charge in [0.05, 0.1) is 18.8 Å². The number of nitrogens with one attached hydrogen (secondary N) is 1. The van der Waals surface area contributed by atoms with E-state index in [4.69, 9.17) is 10.5 Å². The molecule has 2 amide bonds. The van der Waals surface area contributed by atoms with Gasteiger partial charge in [-0.05, 0) is 17.7 Å². The number of urea groups is 1. The van der Waals surface area contributed by atoms with E-state index < -0.39 is 0 Å². The van der Waals surface area contributed by atoms with Crippen LogP contribution in [-0.4, -0.2) is 31.6 Å². The molecule has 0 saturated carbocycles. The standard InChI is InChI=1S/C11H15N3O2.2O.Pt/c1-14-9(6-13-11(14)15)7-3-4-10(16-2)8(12)5-7;;;/h3-5,9H,6,12H2,1-2H3,(H,13,15);;;/q;2*-2;+4. The number of hydrogen-bond acceptors (Lipinski definition) is 3. The van der Waals surface area contributed by atoms with E-state index in [0.717, 1.165) is 5.56 Å². The normalized spacial score (nSPS) is 16.6. The molecular weight excluding hydrogens is 433 g/mol. The number of amides is 2. The van der Waals surface area contributed by atoms with Crippen LogP contribution in [0.25, 0.3) is 0 Å². The Morgan fingerprint density at radius 1 is 1.42 bits per heavy atom. The van der Waals surface area contributed by atoms with Crippen LogP contribution in [0.4, 0.5) is 10.5 Å². The Morgan fingerprint density at radius 3 is 2.47 bits per heavy atom. The number of nitrogens with two attached hydrogens (primary N) is 1. The van der Waals surface area contributed by atoms with Crippen LogP contribution in [0.1, 0.15) is 11.6 Å².